The summed E-state index contributed by atoms with van der Waals surface area (Å²) in [7, 11) is 0. The highest BCUT2D eigenvalue weighted by Crippen LogP contribution is 2.24. The summed E-state index contributed by atoms with van der Waals surface area (Å²) >= 11 is 0. The second-order valence-electron chi connectivity index (χ2n) is 6.72. The van der Waals surface area contributed by atoms with Crippen LogP contribution in [0.3, 0.4) is 0 Å². The monoisotopic (exact) mass is 287 g/mol. The summed E-state index contributed by atoms with van der Waals surface area (Å²) in [6, 6.07) is 10.4. The van der Waals surface area contributed by atoms with Gasteiger partial charge in [0, 0.05) is 24.6 Å². The molecule has 0 radical (unpaired) electrons. The van der Waals surface area contributed by atoms with E-state index in [1.54, 1.807) is 0 Å². The van der Waals surface area contributed by atoms with Crippen LogP contribution in [-0.4, -0.2) is 29.8 Å². The van der Waals surface area contributed by atoms with Crippen LogP contribution >= 0.6 is 0 Å². The van der Waals surface area contributed by atoms with Crippen LogP contribution in [-0.2, 0) is 0 Å². The van der Waals surface area contributed by atoms with Gasteiger partial charge >= 0.3 is 0 Å². The van der Waals surface area contributed by atoms with Crippen molar-refractivity contribution in [3.63, 3.8) is 0 Å². The second kappa shape index (κ2) is 8.33. The Morgan fingerprint density at radius 3 is 2.48 bits per heavy atom. The molecule has 0 N–H and O–H groups in total. The SMILES string of the molecule is CC(C)CN(CCCC(=O)c1ccccc1)C1CCCC1. The van der Waals surface area contributed by atoms with Gasteiger partial charge in [-0.25, -0.2) is 0 Å². The smallest absolute Gasteiger partial charge is 0.162 e. The molecule has 0 heterocycles. The van der Waals surface area contributed by atoms with Crippen LogP contribution in [0, 0.1) is 5.92 Å². The number of carbonyl (C=O) groups is 1. The van der Waals surface area contributed by atoms with Crippen molar-refractivity contribution in [2.45, 2.75) is 58.4 Å². The quantitative estimate of drug-likeness (QED) is 0.654. The Balaban J connectivity index is 1.80. The van der Waals surface area contributed by atoms with E-state index in [1.165, 1.54) is 32.2 Å². The van der Waals surface area contributed by atoms with Gasteiger partial charge in [0.05, 0.1) is 0 Å². The molecule has 0 atom stereocenters. The Labute approximate surface area is 129 Å². The summed E-state index contributed by atoms with van der Waals surface area (Å²) in [5.74, 6) is 0.988. The maximum absolute atomic E-state index is 12.2. The Hall–Kier alpha value is -1.15. The van der Waals surface area contributed by atoms with Gasteiger partial charge in [-0.3, -0.25) is 4.79 Å². The van der Waals surface area contributed by atoms with Gasteiger partial charge in [-0.1, -0.05) is 57.0 Å². The Kier molecular flexibility index (Phi) is 6.44. The highest BCUT2D eigenvalue weighted by atomic mass is 16.1. The first kappa shape index (κ1) is 16.2. The van der Waals surface area contributed by atoms with Gasteiger partial charge in [0.1, 0.15) is 0 Å². The number of ketones is 1. The van der Waals surface area contributed by atoms with Gasteiger partial charge in [-0.15, -0.1) is 0 Å². The number of carbonyl (C=O) groups excluding carboxylic acids is 1. The second-order valence-corrected chi connectivity index (χ2v) is 6.72. The molecule has 1 aliphatic carbocycles. The van der Waals surface area contributed by atoms with E-state index in [-0.39, 0.29) is 5.78 Å². The average molecular weight is 287 g/mol. The molecule has 21 heavy (non-hydrogen) atoms. The molecule has 116 valence electrons. The topological polar surface area (TPSA) is 20.3 Å². The Bertz CT molecular complexity index is 420. The predicted octanol–water partition coefficient (Wildman–Crippen LogP) is 4.55. The molecule has 0 spiro atoms. The lowest BCUT2D eigenvalue weighted by molar-refractivity contribution is 0.0967. The number of hydrogen-bond acceptors (Lipinski definition) is 2. The number of hydrogen-bond donors (Lipinski definition) is 0. The predicted molar refractivity (Wildman–Crippen MR) is 88.7 cm³/mol. The molecule has 0 saturated heterocycles. The lowest BCUT2D eigenvalue weighted by atomic mass is 10.1. The van der Waals surface area contributed by atoms with Crippen LogP contribution in [0.25, 0.3) is 0 Å². The van der Waals surface area contributed by atoms with Crippen LogP contribution in [0.15, 0.2) is 30.3 Å². The number of rotatable bonds is 8. The molecule has 0 aromatic heterocycles. The van der Waals surface area contributed by atoms with Crippen molar-refractivity contribution < 1.29 is 4.79 Å². The number of benzene rings is 1. The minimum absolute atomic E-state index is 0.284. The first-order valence-electron chi connectivity index (χ1n) is 8.49. The third-order valence-corrected chi connectivity index (χ3v) is 4.39. The van der Waals surface area contributed by atoms with E-state index in [4.69, 9.17) is 0 Å². The zero-order chi connectivity index (χ0) is 15.1. The normalized spacial score (nSPS) is 16.0. The van der Waals surface area contributed by atoms with E-state index < -0.39 is 0 Å². The van der Waals surface area contributed by atoms with Crippen molar-refractivity contribution in [2.24, 2.45) is 5.92 Å². The van der Waals surface area contributed by atoms with Crippen molar-refractivity contribution in [2.75, 3.05) is 13.1 Å². The summed E-state index contributed by atoms with van der Waals surface area (Å²) in [6.07, 6.45) is 7.10. The van der Waals surface area contributed by atoms with Crippen molar-refractivity contribution >= 4 is 5.78 Å². The third kappa shape index (κ3) is 5.28. The third-order valence-electron chi connectivity index (χ3n) is 4.39. The van der Waals surface area contributed by atoms with E-state index in [2.05, 4.69) is 18.7 Å². The molecule has 0 aliphatic heterocycles. The van der Waals surface area contributed by atoms with Crippen molar-refractivity contribution in [3.8, 4) is 0 Å². The van der Waals surface area contributed by atoms with E-state index in [0.29, 0.717) is 12.3 Å². The summed E-state index contributed by atoms with van der Waals surface area (Å²) < 4.78 is 0. The summed E-state index contributed by atoms with van der Waals surface area (Å²) in [5.41, 5.74) is 0.855. The van der Waals surface area contributed by atoms with Crippen LogP contribution in [0.4, 0.5) is 0 Å². The average Bonchev–Trinajstić information content (AvgIpc) is 3.00. The van der Waals surface area contributed by atoms with Crippen LogP contribution in [0.2, 0.25) is 0 Å². The maximum Gasteiger partial charge on any atom is 0.162 e. The fourth-order valence-corrected chi connectivity index (χ4v) is 3.37. The molecule has 2 heteroatoms. The largest absolute Gasteiger partial charge is 0.300 e. The minimum Gasteiger partial charge on any atom is -0.300 e. The van der Waals surface area contributed by atoms with E-state index in [1.807, 2.05) is 30.3 Å². The first-order chi connectivity index (χ1) is 10.2. The lowest BCUT2D eigenvalue weighted by Crippen LogP contribution is -2.37. The molecule has 1 saturated carbocycles. The molecular formula is C19H29NO. The van der Waals surface area contributed by atoms with Gasteiger partial charge in [-0.05, 0) is 31.7 Å². The van der Waals surface area contributed by atoms with Crippen LogP contribution in [0.1, 0.15) is 62.7 Å². The van der Waals surface area contributed by atoms with Crippen molar-refractivity contribution in [1.82, 2.24) is 4.90 Å². The van der Waals surface area contributed by atoms with E-state index >= 15 is 0 Å². The van der Waals surface area contributed by atoms with Crippen LogP contribution < -0.4 is 0 Å². The van der Waals surface area contributed by atoms with Crippen LogP contribution in [0.5, 0.6) is 0 Å². The highest BCUT2D eigenvalue weighted by molar-refractivity contribution is 5.95. The maximum atomic E-state index is 12.2. The molecule has 1 aliphatic rings. The van der Waals surface area contributed by atoms with E-state index in [9.17, 15) is 4.79 Å². The summed E-state index contributed by atoms with van der Waals surface area (Å²) in [5, 5.41) is 0. The molecule has 1 fully saturated rings. The van der Waals surface area contributed by atoms with E-state index in [0.717, 1.165) is 24.6 Å². The zero-order valence-electron chi connectivity index (χ0n) is 13.6. The summed E-state index contributed by atoms with van der Waals surface area (Å²) in [4.78, 5) is 14.8. The summed E-state index contributed by atoms with van der Waals surface area (Å²) in [6.45, 7) is 6.82. The standard InChI is InChI=1S/C19H29NO/c1-16(2)15-20(18-11-6-7-12-18)14-8-13-19(21)17-9-4-3-5-10-17/h3-5,9-10,16,18H,6-8,11-15H2,1-2H3. The van der Waals surface area contributed by atoms with Crippen molar-refractivity contribution in [1.29, 1.82) is 0 Å². The Morgan fingerprint density at radius 1 is 1.19 bits per heavy atom. The lowest BCUT2D eigenvalue weighted by Gasteiger charge is -2.30. The van der Waals surface area contributed by atoms with Gasteiger partial charge in [0.25, 0.3) is 0 Å². The molecule has 0 bridgehead atoms. The highest BCUT2D eigenvalue weighted by Gasteiger charge is 2.22. The molecule has 0 amide bonds. The molecule has 2 rings (SSSR count). The Morgan fingerprint density at radius 2 is 1.86 bits per heavy atom. The minimum atomic E-state index is 0.284. The first-order valence-corrected chi connectivity index (χ1v) is 8.49. The fraction of sp³-hybridized carbons (Fsp3) is 0.632. The van der Waals surface area contributed by atoms with Gasteiger partial charge < -0.3 is 4.90 Å². The van der Waals surface area contributed by atoms with Gasteiger partial charge in [0.2, 0.25) is 0 Å². The number of nitrogens with zero attached hydrogens (tertiary/aromatic N) is 1. The molecular weight excluding hydrogens is 258 g/mol. The number of Topliss-reactive ketones (excluding diaryl/α,β-unsaturated/α-hetero) is 1. The van der Waals surface area contributed by atoms with Gasteiger partial charge in [-0.2, -0.15) is 0 Å². The molecule has 2 nitrogen and oxygen atoms in total. The van der Waals surface area contributed by atoms with Crippen molar-refractivity contribution in [3.05, 3.63) is 35.9 Å². The molecule has 1 aromatic carbocycles. The van der Waals surface area contributed by atoms with Gasteiger partial charge in [0.15, 0.2) is 5.78 Å². The molecule has 1 aromatic rings. The molecule has 0 unspecified atom stereocenters. The fourth-order valence-electron chi connectivity index (χ4n) is 3.37. The zero-order valence-corrected chi connectivity index (χ0v) is 13.6.